The molecule has 2 heteroatoms. The monoisotopic (exact) mass is 338 g/mol. The molecular weight excluding hydrogens is 284 g/mol. The summed E-state index contributed by atoms with van der Waals surface area (Å²) in [5.74, 6) is 0.919. The average Bonchev–Trinajstić information content (AvgIpc) is 2.27. The van der Waals surface area contributed by atoms with Crippen LogP contribution in [-0.2, 0) is 0 Å². The zero-order valence-electron chi connectivity index (χ0n) is 12.6. The molecule has 0 aliphatic carbocycles. The lowest BCUT2D eigenvalue weighted by molar-refractivity contribution is 0.546. The predicted molar refractivity (Wildman–Crippen MR) is 122 cm³/mol. The number of rotatable bonds is 5. The lowest BCUT2D eigenvalue weighted by Crippen LogP contribution is -2.02. The molecule has 0 fully saturated rings. The summed E-state index contributed by atoms with van der Waals surface area (Å²) >= 11 is 0. The summed E-state index contributed by atoms with van der Waals surface area (Å²) in [5.41, 5.74) is 3.13. The predicted octanol–water partition coefficient (Wildman–Crippen LogP) is 7.17. The highest BCUT2D eigenvalue weighted by Crippen LogP contribution is 2.19. The van der Waals surface area contributed by atoms with Crippen LogP contribution >= 0.6 is 0 Å². The SMILES string of the molecule is C.C.C.C.C.C=CC.C=C[SiH2]C.CCC(CC(C)C)[SiH2]C. The highest BCUT2D eigenvalue weighted by molar-refractivity contribution is 6.39. The van der Waals surface area contributed by atoms with Gasteiger partial charge in [-0.1, -0.05) is 95.5 Å². The van der Waals surface area contributed by atoms with Crippen molar-refractivity contribution in [1.82, 2.24) is 0 Å². The first kappa shape index (κ1) is 49.7. The first-order chi connectivity index (χ1) is 7.53. The van der Waals surface area contributed by atoms with Gasteiger partial charge in [0.05, 0.1) is 0 Å². The van der Waals surface area contributed by atoms with Crippen molar-refractivity contribution in [3.63, 3.8) is 0 Å². The van der Waals surface area contributed by atoms with Gasteiger partial charge in [0.1, 0.15) is 0 Å². The van der Waals surface area contributed by atoms with Gasteiger partial charge in [0.2, 0.25) is 0 Å². The minimum absolute atomic E-state index is 0. The second-order valence-corrected chi connectivity index (χ2v) is 7.78. The summed E-state index contributed by atoms with van der Waals surface area (Å²) in [6, 6.07) is 0. The molecule has 0 radical (unpaired) electrons. The van der Waals surface area contributed by atoms with Crippen molar-refractivity contribution in [2.45, 2.75) is 96.3 Å². The van der Waals surface area contributed by atoms with Gasteiger partial charge in [0, 0.05) is 19.0 Å². The minimum atomic E-state index is 0. The van der Waals surface area contributed by atoms with Gasteiger partial charge < -0.3 is 0 Å². The van der Waals surface area contributed by atoms with Gasteiger partial charge >= 0.3 is 0 Å². The van der Waals surface area contributed by atoms with Gasteiger partial charge in [-0.3, -0.25) is 0 Å². The third-order valence-electron chi connectivity index (χ3n) is 2.25. The summed E-state index contributed by atoms with van der Waals surface area (Å²) in [5, 5.41) is 0. The molecule has 138 valence electrons. The van der Waals surface area contributed by atoms with Gasteiger partial charge in [-0.25, -0.2) is 0 Å². The van der Waals surface area contributed by atoms with Crippen molar-refractivity contribution in [3.05, 3.63) is 24.9 Å². The summed E-state index contributed by atoms with van der Waals surface area (Å²) in [7, 11) is 0.473. The van der Waals surface area contributed by atoms with Crippen LogP contribution in [0.3, 0.4) is 0 Å². The molecule has 0 aromatic carbocycles. The molecule has 0 saturated carbocycles. The van der Waals surface area contributed by atoms with Crippen LogP contribution in [0.15, 0.2) is 24.9 Å². The minimum Gasteiger partial charge on any atom is -0.109 e. The Morgan fingerprint density at radius 2 is 1.24 bits per heavy atom. The zero-order chi connectivity index (χ0) is 13.4. The van der Waals surface area contributed by atoms with Crippen LogP contribution in [0.4, 0.5) is 0 Å². The van der Waals surface area contributed by atoms with Gasteiger partial charge in [-0.2, -0.15) is 0 Å². The summed E-state index contributed by atoms with van der Waals surface area (Å²) < 4.78 is 0. The standard InChI is InChI=1S/C8H20Si.C3H8Si.C3H6.5CH4/c1-5-8(9-4)6-7(2)3;1-3-4-2;1-3-2;;;;;/h7-8H,5-6,9H2,1-4H3;3H,1,4H2,2H3;3H,1H2,2H3;5*1H4. The first-order valence-electron chi connectivity index (χ1n) is 6.71. The lowest BCUT2D eigenvalue weighted by Gasteiger charge is -2.13. The maximum atomic E-state index is 3.54. The van der Waals surface area contributed by atoms with Crippen LogP contribution in [0.25, 0.3) is 0 Å². The van der Waals surface area contributed by atoms with Crippen molar-refractivity contribution >= 4 is 19.0 Å². The van der Waals surface area contributed by atoms with E-state index in [4.69, 9.17) is 0 Å². The van der Waals surface area contributed by atoms with Crippen LogP contribution in [0.1, 0.15) is 77.7 Å². The molecule has 0 rings (SSSR count). The summed E-state index contributed by atoms with van der Waals surface area (Å²) in [6.45, 7) is 20.4. The molecule has 0 aliphatic heterocycles. The smallest absolute Gasteiger partial charge is 0.0415 e. The van der Waals surface area contributed by atoms with Crippen molar-refractivity contribution in [2.75, 3.05) is 0 Å². The highest BCUT2D eigenvalue weighted by atomic mass is 28.2. The zero-order valence-corrected chi connectivity index (χ0v) is 15.4. The van der Waals surface area contributed by atoms with Gasteiger partial charge in [-0.05, 0) is 12.8 Å². The molecule has 0 nitrogen and oxygen atoms in total. The molecule has 0 amide bonds. The molecule has 21 heavy (non-hydrogen) atoms. The number of hydrogen-bond acceptors (Lipinski definition) is 0. The first-order valence-corrected chi connectivity index (χ1v) is 11.2. The maximum absolute atomic E-state index is 3.54. The van der Waals surface area contributed by atoms with Crippen molar-refractivity contribution in [1.29, 1.82) is 0 Å². The van der Waals surface area contributed by atoms with Crippen LogP contribution < -0.4 is 0 Å². The van der Waals surface area contributed by atoms with Crippen LogP contribution in [0.2, 0.25) is 18.6 Å². The van der Waals surface area contributed by atoms with E-state index in [2.05, 4.69) is 47.0 Å². The molecule has 0 bridgehead atoms. The second-order valence-electron chi connectivity index (χ2n) is 4.42. The van der Waals surface area contributed by atoms with Gasteiger partial charge in [-0.15, -0.1) is 18.9 Å². The average molecular weight is 339 g/mol. The fourth-order valence-corrected chi connectivity index (χ4v) is 2.87. The van der Waals surface area contributed by atoms with Gasteiger partial charge in [0.25, 0.3) is 0 Å². The molecule has 1 atom stereocenters. The molecule has 0 saturated heterocycles. The van der Waals surface area contributed by atoms with E-state index in [0.717, 1.165) is 11.5 Å². The van der Waals surface area contributed by atoms with E-state index in [-0.39, 0.29) is 56.2 Å². The Hall–Kier alpha value is -0.0862. The van der Waals surface area contributed by atoms with E-state index in [0.29, 0.717) is 0 Å². The fraction of sp³-hybridized carbons (Fsp3) is 0.789. The summed E-state index contributed by atoms with van der Waals surface area (Å²) in [6.07, 6.45) is 4.64. The Labute approximate surface area is 146 Å². The maximum Gasteiger partial charge on any atom is 0.0415 e. The Kier molecular flexibility index (Phi) is 119. The van der Waals surface area contributed by atoms with E-state index in [1.165, 1.54) is 12.8 Å². The van der Waals surface area contributed by atoms with E-state index in [9.17, 15) is 0 Å². The van der Waals surface area contributed by atoms with Crippen molar-refractivity contribution in [3.8, 4) is 0 Å². The van der Waals surface area contributed by atoms with Crippen molar-refractivity contribution in [2.24, 2.45) is 5.92 Å². The highest BCUT2D eigenvalue weighted by Gasteiger charge is 2.04. The molecule has 0 N–H and O–H groups in total. The third kappa shape index (κ3) is 80.4. The molecule has 0 heterocycles. The lowest BCUT2D eigenvalue weighted by atomic mass is 10.1. The summed E-state index contributed by atoms with van der Waals surface area (Å²) in [4.78, 5) is 0. The van der Waals surface area contributed by atoms with Gasteiger partial charge in [0.15, 0.2) is 0 Å². The van der Waals surface area contributed by atoms with E-state index in [1.807, 2.05) is 12.6 Å². The molecule has 0 aromatic rings. The fourth-order valence-electron chi connectivity index (χ4n) is 1.29. The molecular formula is C19H54Si2. The van der Waals surface area contributed by atoms with Crippen LogP contribution in [0.5, 0.6) is 0 Å². The van der Waals surface area contributed by atoms with Crippen molar-refractivity contribution < 1.29 is 0 Å². The topological polar surface area (TPSA) is 0 Å². The molecule has 1 unspecified atom stereocenters. The second kappa shape index (κ2) is 50.2. The Balaban J connectivity index is -0.0000000207. The Bertz CT molecular complexity index is 128. The number of hydrogen-bond donors (Lipinski definition) is 0. The van der Waals surface area contributed by atoms with E-state index >= 15 is 0 Å². The van der Waals surface area contributed by atoms with E-state index < -0.39 is 0 Å². The normalized spacial score (nSPS) is 9.10. The van der Waals surface area contributed by atoms with E-state index in [1.54, 1.807) is 6.08 Å². The molecule has 0 spiro atoms. The third-order valence-corrected chi connectivity index (χ3v) is 4.89. The largest absolute Gasteiger partial charge is 0.109 e. The Morgan fingerprint density at radius 1 is 0.952 bits per heavy atom. The Morgan fingerprint density at radius 3 is 1.29 bits per heavy atom. The van der Waals surface area contributed by atoms with Crippen LogP contribution in [-0.4, -0.2) is 19.0 Å². The number of allylic oxidation sites excluding steroid dienone is 1. The molecule has 0 aliphatic rings. The quantitative estimate of drug-likeness (QED) is 0.368. The molecule has 0 aromatic heterocycles. The van der Waals surface area contributed by atoms with Crippen LogP contribution in [0, 0.1) is 5.92 Å².